The van der Waals surface area contributed by atoms with E-state index in [-0.39, 0.29) is 21.1 Å². The second-order valence-electron chi connectivity index (χ2n) is 13.1. The maximum Gasteiger partial charge on any atom is 2.00 e. The summed E-state index contributed by atoms with van der Waals surface area (Å²) in [5, 5.41) is 7.41. The van der Waals surface area contributed by atoms with Crippen LogP contribution in [0.4, 0.5) is 0 Å². The fourth-order valence-electron chi connectivity index (χ4n) is 7.27. The Labute approximate surface area is 286 Å². The maximum absolute atomic E-state index is 6.53. The van der Waals surface area contributed by atoms with Crippen molar-refractivity contribution < 1.29 is 25.8 Å². The average molecular weight is 788 g/mol. The zero-order chi connectivity index (χ0) is 31.4. The number of hydrogen-bond donors (Lipinski definition) is 0. The molecule has 6 aromatic rings. The molecule has 5 nitrogen and oxygen atoms in total. The van der Waals surface area contributed by atoms with Gasteiger partial charge in [-0.3, -0.25) is 4.68 Å². The predicted molar refractivity (Wildman–Crippen MR) is 183 cm³/mol. The fraction of sp³-hybridized carbons (Fsp3) is 0.300. The summed E-state index contributed by atoms with van der Waals surface area (Å²) in [7, 11) is 0. The third-order valence-corrected chi connectivity index (χ3v) is 9.26. The van der Waals surface area contributed by atoms with Crippen LogP contribution in [0.2, 0.25) is 0 Å². The summed E-state index contributed by atoms with van der Waals surface area (Å²) >= 11 is 0. The Morgan fingerprint density at radius 2 is 1.70 bits per heavy atom. The van der Waals surface area contributed by atoms with E-state index in [1.54, 1.807) is 0 Å². The summed E-state index contributed by atoms with van der Waals surface area (Å²) in [5.74, 6) is 3.41. The van der Waals surface area contributed by atoms with Gasteiger partial charge in [0, 0.05) is 40.4 Å². The number of fused-ring (bicyclic) bond motifs is 3. The number of allylic oxidation sites excluding steroid dienone is 2. The molecule has 3 aromatic heterocycles. The zero-order valence-corrected chi connectivity index (χ0v) is 29.9. The van der Waals surface area contributed by atoms with Crippen LogP contribution in [0.5, 0.6) is 11.5 Å². The van der Waals surface area contributed by atoms with Crippen LogP contribution in [0, 0.1) is 38.8 Å². The summed E-state index contributed by atoms with van der Waals surface area (Å²) in [6, 6.07) is 28.0. The number of aryl methyl sites for hydroxylation is 3. The maximum atomic E-state index is 6.53. The Morgan fingerprint density at radius 1 is 0.891 bits per heavy atom. The number of pyridine rings is 1. The molecule has 0 saturated carbocycles. The van der Waals surface area contributed by atoms with E-state index in [4.69, 9.17) is 14.8 Å². The Kier molecular flexibility index (Phi) is 8.82. The van der Waals surface area contributed by atoms with Gasteiger partial charge in [0.2, 0.25) is 0 Å². The topological polar surface area (TPSA) is 44.9 Å². The molecule has 3 aromatic carbocycles. The van der Waals surface area contributed by atoms with Crippen LogP contribution in [-0.4, -0.2) is 19.3 Å². The molecule has 236 valence electrons. The van der Waals surface area contributed by atoms with Crippen LogP contribution in [0.1, 0.15) is 80.5 Å². The first-order valence-electron chi connectivity index (χ1n) is 16.1. The van der Waals surface area contributed by atoms with Crippen molar-refractivity contribution in [2.75, 3.05) is 0 Å². The van der Waals surface area contributed by atoms with Crippen molar-refractivity contribution in [1.29, 1.82) is 0 Å². The van der Waals surface area contributed by atoms with Crippen molar-refractivity contribution in [1.82, 2.24) is 19.3 Å². The van der Waals surface area contributed by atoms with Gasteiger partial charge in [-0.25, -0.2) is 4.98 Å². The number of benzene rings is 3. The third-order valence-electron chi connectivity index (χ3n) is 9.26. The quantitative estimate of drug-likeness (QED) is 0.125. The van der Waals surface area contributed by atoms with Gasteiger partial charge in [0.05, 0.1) is 5.69 Å². The summed E-state index contributed by atoms with van der Waals surface area (Å²) in [4.78, 5) is 4.71. The second kappa shape index (κ2) is 12.7. The molecule has 0 fully saturated rings. The van der Waals surface area contributed by atoms with Crippen molar-refractivity contribution in [3.63, 3.8) is 0 Å². The fourth-order valence-corrected chi connectivity index (χ4v) is 7.27. The summed E-state index contributed by atoms with van der Waals surface area (Å²) < 4.78 is 10.8. The Hall–Kier alpha value is -3.95. The van der Waals surface area contributed by atoms with Gasteiger partial charge < -0.3 is 9.30 Å². The number of ether oxygens (including phenoxy) is 1. The molecule has 46 heavy (non-hydrogen) atoms. The number of aromatic nitrogens is 4. The van der Waals surface area contributed by atoms with Crippen molar-refractivity contribution in [2.45, 2.75) is 73.1 Å². The molecule has 0 saturated heterocycles. The third kappa shape index (κ3) is 5.64. The molecule has 0 aliphatic heterocycles. The SMILES string of the molecule is CC1=CCC[C@H](C)C1c1c(C)nn(-c2[c-]c(Oc3[c-]c4c(cc3)c3ccccc3n4-c3cc(C)ccn3)cc(C)c2)c1C(C)C.[Pt+2]. The summed E-state index contributed by atoms with van der Waals surface area (Å²) in [5.41, 5.74) is 10.3. The van der Waals surface area contributed by atoms with E-state index in [0.717, 1.165) is 56.6 Å². The van der Waals surface area contributed by atoms with Gasteiger partial charge in [-0.15, -0.1) is 35.7 Å². The molecule has 6 heteroatoms. The Bertz CT molecular complexity index is 2100. The van der Waals surface area contributed by atoms with E-state index < -0.39 is 0 Å². The van der Waals surface area contributed by atoms with Crippen molar-refractivity contribution >= 4 is 21.8 Å². The minimum absolute atomic E-state index is 0. The van der Waals surface area contributed by atoms with Gasteiger partial charge in [-0.2, -0.15) is 16.7 Å². The van der Waals surface area contributed by atoms with Crippen LogP contribution >= 0.6 is 0 Å². The molecule has 1 unspecified atom stereocenters. The van der Waals surface area contributed by atoms with Crippen molar-refractivity contribution in [3.8, 4) is 23.0 Å². The molecule has 0 amide bonds. The van der Waals surface area contributed by atoms with Gasteiger partial charge >= 0.3 is 21.1 Å². The molecule has 1 aliphatic rings. The molecular formula is C40H40N4OPt. The molecule has 0 bridgehead atoms. The smallest absolute Gasteiger partial charge is 0.509 e. The molecule has 2 atom stereocenters. The molecule has 3 heterocycles. The molecular weight excluding hydrogens is 748 g/mol. The van der Waals surface area contributed by atoms with Crippen LogP contribution in [0.3, 0.4) is 0 Å². The Morgan fingerprint density at radius 3 is 2.46 bits per heavy atom. The predicted octanol–water partition coefficient (Wildman–Crippen LogP) is 10.3. The number of para-hydroxylation sites is 1. The summed E-state index contributed by atoms with van der Waals surface area (Å²) in [6.07, 6.45) is 6.64. The van der Waals surface area contributed by atoms with Crippen molar-refractivity contribution in [3.05, 3.63) is 119 Å². The first-order valence-corrected chi connectivity index (χ1v) is 16.1. The minimum Gasteiger partial charge on any atom is -0.509 e. The average Bonchev–Trinajstić information content (AvgIpc) is 3.51. The summed E-state index contributed by atoms with van der Waals surface area (Å²) in [6.45, 7) is 15.5. The molecule has 1 aliphatic carbocycles. The minimum atomic E-state index is 0. The van der Waals surface area contributed by atoms with Crippen LogP contribution in [0.25, 0.3) is 33.3 Å². The molecule has 0 N–H and O–H groups in total. The van der Waals surface area contributed by atoms with Crippen molar-refractivity contribution in [2.24, 2.45) is 5.92 Å². The van der Waals surface area contributed by atoms with Crippen LogP contribution in [-0.2, 0) is 21.1 Å². The van der Waals surface area contributed by atoms with Gasteiger partial charge in [-0.05, 0) is 80.3 Å². The monoisotopic (exact) mass is 787 g/mol. The number of nitrogens with zero attached hydrogens (tertiary/aromatic N) is 4. The van der Waals surface area contributed by atoms with E-state index in [1.807, 2.05) is 24.4 Å². The first-order chi connectivity index (χ1) is 21.7. The number of rotatable bonds is 6. The normalized spacial score (nSPS) is 16.6. The van der Waals surface area contributed by atoms with Crippen LogP contribution < -0.4 is 4.74 Å². The largest absolute Gasteiger partial charge is 2.00 e. The van der Waals surface area contributed by atoms with Gasteiger partial charge in [0.25, 0.3) is 0 Å². The van der Waals surface area contributed by atoms with E-state index in [9.17, 15) is 0 Å². The zero-order valence-electron chi connectivity index (χ0n) is 27.6. The molecule has 7 rings (SSSR count). The van der Waals surface area contributed by atoms with E-state index in [2.05, 4.69) is 118 Å². The molecule has 0 radical (unpaired) electrons. The Balaban J connectivity index is 0.00000372. The molecule has 0 spiro atoms. The van der Waals surface area contributed by atoms with Crippen LogP contribution in [0.15, 0.2) is 78.5 Å². The van der Waals surface area contributed by atoms with E-state index in [0.29, 0.717) is 29.3 Å². The standard InChI is InChI=1S/C40H40N4O.Pt/c1-24(2)40-39(38-27(5)11-10-12-28(38)6)29(7)42-44(40)30-19-26(4)20-32(22-30)45-31-15-16-34-33-13-8-9-14-35(33)43(36(34)23-31)37-21-25(3)17-18-41-37;/h8-9,11,13-21,24,28,38H,10,12H2,1-7H3;/q-2;+2/t28-,38?;/m0./s1. The van der Waals surface area contributed by atoms with Gasteiger partial charge in [0.1, 0.15) is 5.82 Å². The number of hydrogen-bond acceptors (Lipinski definition) is 3. The van der Waals surface area contributed by atoms with E-state index in [1.165, 1.54) is 23.3 Å². The van der Waals surface area contributed by atoms with E-state index >= 15 is 0 Å². The second-order valence-corrected chi connectivity index (χ2v) is 13.1. The first kappa shape index (κ1) is 32.0. The van der Waals surface area contributed by atoms with Gasteiger partial charge in [0.15, 0.2) is 0 Å². The van der Waals surface area contributed by atoms with Gasteiger partial charge in [-0.1, -0.05) is 63.1 Å².